The summed E-state index contributed by atoms with van der Waals surface area (Å²) >= 11 is 0. The molecule has 0 amide bonds. The summed E-state index contributed by atoms with van der Waals surface area (Å²) in [5, 5.41) is 8.50. The van der Waals surface area contributed by atoms with Crippen molar-refractivity contribution < 1.29 is 4.74 Å². The summed E-state index contributed by atoms with van der Waals surface area (Å²) in [5.74, 6) is 0.920. The molecule has 0 fully saturated rings. The fourth-order valence-electron chi connectivity index (χ4n) is 1.67. The fourth-order valence-corrected chi connectivity index (χ4v) is 1.67. The molecule has 0 aliphatic rings. The van der Waals surface area contributed by atoms with Gasteiger partial charge in [0, 0.05) is 19.5 Å². The summed E-state index contributed by atoms with van der Waals surface area (Å²) in [7, 11) is 3.71. The minimum atomic E-state index is 0.575. The van der Waals surface area contributed by atoms with E-state index in [2.05, 4.69) is 23.1 Å². The Morgan fingerprint density at radius 1 is 1.44 bits per heavy atom. The van der Waals surface area contributed by atoms with Crippen LogP contribution < -0.4 is 4.74 Å². The van der Waals surface area contributed by atoms with E-state index in [9.17, 15) is 0 Å². The van der Waals surface area contributed by atoms with E-state index in [-0.39, 0.29) is 0 Å². The van der Waals surface area contributed by atoms with Crippen LogP contribution in [-0.2, 0) is 6.54 Å². The van der Waals surface area contributed by atoms with Crippen LogP contribution in [0.25, 0.3) is 0 Å². The molecule has 0 heterocycles. The molecule has 3 nitrogen and oxygen atoms in total. The Morgan fingerprint density at radius 2 is 2.19 bits per heavy atom. The Balaban J connectivity index is 2.61. The van der Waals surface area contributed by atoms with Crippen molar-refractivity contribution in [1.82, 2.24) is 4.90 Å². The van der Waals surface area contributed by atoms with Crippen LogP contribution >= 0.6 is 0 Å². The van der Waals surface area contributed by atoms with Gasteiger partial charge in [0.2, 0.25) is 0 Å². The van der Waals surface area contributed by atoms with Crippen molar-refractivity contribution in [3.8, 4) is 11.8 Å². The van der Waals surface area contributed by atoms with E-state index in [1.165, 1.54) is 5.56 Å². The van der Waals surface area contributed by atoms with Crippen LogP contribution in [0.5, 0.6) is 5.75 Å². The highest BCUT2D eigenvalue weighted by molar-refractivity contribution is 5.36. The van der Waals surface area contributed by atoms with Crippen LogP contribution in [-0.4, -0.2) is 25.6 Å². The van der Waals surface area contributed by atoms with Crippen molar-refractivity contribution in [2.45, 2.75) is 19.9 Å². The second kappa shape index (κ2) is 6.14. The molecule has 0 spiro atoms. The molecule has 0 aromatic heterocycles. The van der Waals surface area contributed by atoms with Crippen LogP contribution in [0.2, 0.25) is 0 Å². The first-order valence-corrected chi connectivity index (χ1v) is 5.36. The topological polar surface area (TPSA) is 36.3 Å². The van der Waals surface area contributed by atoms with Gasteiger partial charge < -0.3 is 9.64 Å². The first-order valence-electron chi connectivity index (χ1n) is 5.36. The smallest absolute Gasteiger partial charge is 0.121 e. The van der Waals surface area contributed by atoms with Crippen molar-refractivity contribution in [2.75, 3.05) is 20.7 Å². The average molecular weight is 218 g/mol. The normalized spacial score (nSPS) is 10.2. The Kier molecular flexibility index (Phi) is 4.81. The standard InChI is InChI=1S/C13H18N2O/c1-11-9-12(5-6-13(11)16-3)10-15(2)8-4-7-14/h5-6,9H,4,8,10H2,1-3H3. The molecule has 1 aromatic rings. The number of benzene rings is 1. The largest absolute Gasteiger partial charge is 0.496 e. The monoisotopic (exact) mass is 218 g/mol. The van der Waals surface area contributed by atoms with Crippen LogP contribution in [0.15, 0.2) is 18.2 Å². The molecule has 0 atom stereocenters. The lowest BCUT2D eigenvalue weighted by Gasteiger charge is -2.15. The van der Waals surface area contributed by atoms with Gasteiger partial charge in [0.05, 0.1) is 13.2 Å². The highest BCUT2D eigenvalue weighted by atomic mass is 16.5. The number of ether oxygens (including phenoxy) is 1. The van der Waals surface area contributed by atoms with Gasteiger partial charge in [-0.05, 0) is 31.2 Å². The summed E-state index contributed by atoms with van der Waals surface area (Å²) in [4.78, 5) is 2.14. The summed E-state index contributed by atoms with van der Waals surface area (Å²) < 4.78 is 5.21. The summed E-state index contributed by atoms with van der Waals surface area (Å²) in [5.41, 5.74) is 2.40. The van der Waals surface area contributed by atoms with Gasteiger partial charge in [0.1, 0.15) is 5.75 Å². The minimum absolute atomic E-state index is 0.575. The number of hydrogen-bond acceptors (Lipinski definition) is 3. The highest BCUT2D eigenvalue weighted by Crippen LogP contribution is 2.19. The molecule has 0 aliphatic carbocycles. The van der Waals surface area contributed by atoms with Gasteiger partial charge in [-0.25, -0.2) is 0 Å². The first kappa shape index (κ1) is 12.5. The SMILES string of the molecule is COc1ccc(CN(C)CCC#N)cc1C. The van der Waals surface area contributed by atoms with Crippen LogP contribution in [0.1, 0.15) is 17.5 Å². The van der Waals surface area contributed by atoms with Crippen LogP contribution in [0.4, 0.5) is 0 Å². The van der Waals surface area contributed by atoms with E-state index in [4.69, 9.17) is 10.00 Å². The number of rotatable bonds is 5. The predicted octanol–water partition coefficient (Wildman–Crippen LogP) is 2.35. The Morgan fingerprint density at radius 3 is 2.75 bits per heavy atom. The van der Waals surface area contributed by atoms with Crippen molar-refractivity contribution >= 4 is 0 Å². The third kappa shape index (κ3) is 3.56. The number of nitrogens with zero attached hydrogens (tertiary/aromatic N) is 2. The lowest BCUT2D eigenvalue weighted by atomic mass is 10.1. The third-order valence-corrected chi connectivity index (χ3v) is 2.52. The zero-order chi connectivity index (χ0) is 12.0. The van der Waals surface area contributed by atoms with Gasteiger partial charge >= 0.3 is 0 Å². The van der Waals surface area contributed by atoms with Gasteiger partial charge in [-0.2, -0.15) is 5.26 Å². The maximum absolute atomic E-state index is 8.50. The lowest BCUT2D eigenvalue weighted by molar-refractivity contribution is 0.334. The fraction of sp³-hybridized carbons (Fsp3) is 0.462. The van der Waals surface area contributed by atoms with E-state index in [1.807, 2.05) is 20.0 Å². The zero-order valence-electron chi connectivity index (χ0n) is 10.2. The quantitative estimate of drug-likeness (QED) is 0.761. The van der Waals surface area contributed by atoms with Crippen LogP contribution in [0, 0.1) is 18.3 Å². The van der Waals surface area contributed by atoms with Gasteiger partial charge in [-0.3, -0.25) is 0 Å². The van der Waals surface area contributed by atoms with E-state index in [0.717, 1.165) is 24.4 Å². The minimum Gasteiger partial charge on any atom is -0.496 e. The summed E-state index contributed by atoms with van der Waals surface area (Å²) in [6.45, 7) is 3.71. The second-order valence-electron chi connectivity index (χ2n) is 3.95. The Bertz CT molecular complexity index is 382. The molecule has 1 aromatic carbocycles. The predicted molar refractivity (Wildman–Crippen MR) is 64.3 cm³/mol. The molecule has 16 heavy (non-hydrogen) atoms. The van der Waals surface area contributed by atoms with E-state index in [1.54, 1.807) is 7.11 Å². The molecule has 0 aliphatic heterocycles. The molecule has 0 radical (unpaired) electrons. The number of aryl methyl sites for hydroxylation is 1. The van der Waals surface area contributed by atoms with Crippen molar-refractivity contribution in [3.63, 3.8) is 0 Å². The van der Waals surface area contributed by atoms with Crippen molar-refractivity contribution in [1.29, 1.82) is 5.26 Å². The molecular weight excluding hydrogens is 200 g/mol. The van der Waals surface area contributed by atoms with Gasteiger partial charge in [-0.15, -0.1) is 0 Å². The Labute approximate surface area is 97.3 Å². The molecule has 1 rings (SSSR count). The van der Waals surface area contributed by atoms with E-state index < -0.39 is 0 Å². The Hall–Kier alpha value is -1.53. The molecule has 0 bridgehead atoms. The number of nitriles is 1. The third-order valence-electron chi connectivity index (χ3n) is 2.52. The van der Waals surface area contributed by atoms with E-state index in [0.29, 0.717) is 6.42 Å². The van der Waals surface area contributed by atoms with Gasteiger partial charge in [0.15, 0.2) is 0 Å². The molecule has 0 N–H and O–H groups in total. The van der Waals surface area contributed by atoms with Gasteiger partial charge in [0.25, 0.3) is 0 Å². The maximum atomic E-state index is 8.50. The molecule has 86 valence electrons. The average Bonchev–Trinajstić information content (AvgIpc) is 2.26. The highest BCUT2D eigenvalue weighted by Gasteiger charge is 2.03. The summed E-state index contributed by atoms with van der Waals surface area (Å²) in [6.07, 6.45) is 0.575. The van der Waals surface area contributed by atoms with Crippen LogP contribution in [0.3, 0.4) is 0 Å². The maximum Gasteiger partial charge on any atom is 0.121 e. The molecule has 0 saturated heterocycles. The van der Waals surface area contributed by atoms with Crippen molar-refractivity contribution in [3.05, 3.63) is 29.3 Å². The second-order valence-corrected chi connectivity index (χ2v) is 3.95. The zero-order valence-corrected chi connectivity index (χ0v) is 10.2. The number of methoxy groups -OCH3 is 1. The lowest BCUT2D eigenvalue weighted by Crippen LogP contribution is -2.18. The van der Waals surface area contributed by atoms with E-state index >= 15 is 0 Å². The molecule has 3 heteroatoms. The van der Waals surface area contributed by atoms with Crippen molar-refractivity contribution in [2.24, 2.45) is 0 Å². The molecule has 0 saturated carbocycles. The van der Waals surface area contributed by atoms with Gasteiger partial charge in [-0.1, -0.05) is 12.1 Å². The molecular formula is C13H18N2O. The summed E-state index contributed by atoms with van der Waals surface area (Å²) in [6, 6.07) is 8.33. The number of hydrogen-bond donors (Lipinski definition) is 0. The molecule has 0 unspecified atom stereocenters. The first-order chi connectivity index (χ1) is 7.67.